The molecule has 0 spiro atoms. The van der Waals surface area contributed by atoms with Crippen molar-refractivity contribution in [2.24, 2.45) is 0 Å². The highest BCUT2D eigenvalue weighted by Crippen LogP contribution is 2.31. The second kappa shape index (κ2) is 4.67. The molecule has 0 heterocycles. The standard InChI is InChI=1S/C16H17NO2/c18-11-16(8-3-9-16)17-15(19)14-7-6-12-4-1-2-5-13(12)10-14/h1-2,4-7,10,18H,3,8-9,11H2,(H,17,19). The summed E-state index contributed by atoms with van der Waals surface area (Å²) in [5.41, 5.74) is 0.265. The van der Waals surface area contributed by atoms with Crippen LogP contribution in [0, 0.1) is 0 Å². The molecule has 1 aliphatic rings. The third kappa shape index (κ3) is 2.22. The second-order valence-corrected chi connectivity index (χ2v) is 5.31. The summed E-state index contributed by atoms with van der Waals surface area (Å²) in [7, 11) is 0. The number of carbonyl (C=O) groups is 1. The highest BCUT2D eigenvalue weighted by molar-refractivity contribution is 5.99. The summed E-state index contributed by atoms with van der Waals surface area (Å²) in [6.45, 7) is 0.0202. The van der Waals surface area contributed by atoms with Crippen LogP contribution in [0.25, 0.3) is 10.8 Å². The van der Waals surface area contributed by atoms with Crippen LogP contribution in [0.4, 0.5) is 0 Å². The largest absolute Gasteiger partial charge is 0.394 e. The maximum atomic E-state index is 12.2. The van der Waals surface area contributed by atoms with Crippen LogP contribution >= 0.6 is 0 Å². The van der Waals surface area contributed by atoms with Gasteiger partial charge in [0.1, 0.15) is 0 Å². The van der Waals surface area contributed by atoms with Crippen molar-refractivity contribution >= 4 is 16.7 Å². The van der Waals surface area contributed by atoms with E-state index in [1.54, 1.807) is 0 Å². The van der Waals surface area contributed by atoms with E-state index >= 15 is 0 Å². The van der Waals surface area contributed by atoms with Crippen molar-refractivity contribution in [2.75, 3.05) is 6.61 Å². The summed E-state index contributed by atoms with van der Waals surface area (Å²) in [6.07, 6.45) is 2.80. The fraction of sp³-hybridized carbons (Fsp3) is 0.312. The Morgan fingerprint density at radius 3 is 2.53 bits per heavy atom. The Morgan fingerprint density at radius 1 is 1.16 bits per heavy atom. The zero-order valence-corrected chi connectivity index (χ0v) is 10.7. The number of fused-ring (bicyclic) bond motifs is 1. The van der Waals surface area contributed by atoms with Crippen molar-refractivity contribution in [3.8, 4) is 0 Å². The van der Waals surface area contributed by atoms with Crippen LogP contribution in [0.2, 0.25) is 0 Å². The van der Waals surface area contributed by atoms with Crippen LogP contribution in [0.1, 0.15) is 29.6 Å². The summed E-state index contributed by atoms with van der Waals surface area (Å²) < 4.78 is 0. The van der Waals surface area contributed by atoms with Crippen LogP contribution in [0.15, 0.2) is 42.5 Å². The molecular formula is C16H17NO2. The Bertz CT molecular complexity index is 611. The molecule has 19 heavy (non-hydrogen) atoms. The fourth-order valence-corrected chi connectivity index (χ4v) is 2.57. The van der Waals surface area contributed by atoms with E-state index in [1.165, 1.54) is 0 Å². The molecule has 3 nitrogen and oxygen atoms in total. The molecule has 1 saturated carbocycles. The van der Waals surface area contributed by atoms with Gasteiger partial charge in [0.05, 0.1) is 12.1 Å². The molecule has 0 aliphatic heterocycles. The lowest BCUT2D eigenvalue weighted by atomic mass is 9.77. The first-order chi connectivity index (χ1) is 9.22. The van der Waals surface area contributed by atoms with Crippen molar-refractivity contribution in [3.05, 3.63) is 48.0 Å². The van der Waals surface area contributed by atoms with Gasteiger partial charge in [-0.3, -0.25) is 4.79 Å². The molecule has 1 amide bonds. The first-order valence-corrected chi connectivity index (χ1v) is 6.65. The number of hydrogen-bond acceptors (Lipinski definition) is 2. The van der Waals surface area contributed by atoms with Gasteiger partial charge in [0.15, 0.2) is 0 Å². The summed E-state index contributed by atoms with van der Waals surface area (Å²) in [5, 5.41) is 14.5. The van der Waals surface area contributed by atoms with E-state index in [1.807, 2.05) is 42.5 Å². The third-order valence-corrected chi connectivity index (χ3v) is 4.00. The molecule has 3 rings (SSSR count). The van der Waals surface area contributed by atoms with Gasteiger partial charge < -0.3 is 10.4 Å². The van der Waals surface area contributed by atoms with Gasteiger partial charge in [-0.15, -0.1) is 0 Å². The minimum Gasteiger partial charge on any atom is -0.394 e. The molecule has 0 saturated heterocycles. The Labute approximate surface area is 112 Å². The molecule has 0 bridgehead atoms. The average Bonchev–Trinajstić information content (AvgIpc) is 2.42. The normalized spacial score (nSPS) is 16.9. The highest BCUT2D eigenvalue weighted by atomic mass is 16.3. The molecule has 2 N–H and O–H groups in total. The van der Waals surface area contributed by atoms with E-state index < -0.39 is 0 Å². The molecule has 3 heteroatoms. The topological polar surface area (TPSA) is 49.3 Å². The van der Waals surface area contributed by atoms with E-state index in [0.29, 0.717) is 5.56 Å². The monoisotopic (exact) mass is 255 g/mol. The van der Waals surface area contributed by atoms with Crippen molar-refractivity contribution in [3.63, 3.8) is 0 Å². The Kier molecular flexibility index (Phi) is 2.99. The minimum atomic E-state index is -0.386. The fourth-order valence-electron chi connectivity index (χ4n) is 2.57. The quantitative estimate of drug-likeness (QED) is 0.885. The zero-order valence-electron chi connectivity index (χ0n) is 10.7. The first-order valence-electron chi connectivity index (χ1n) is 6.65. The van der Waals surface area contributed by atoms with Gasteiger partial charge in [-0.05, 0) is 42.2 Å². The molecule has 0 radical (unpaired) electrons. The number of benzene rings is 2. The molecule has 0 aromatic heterocycles. The second-order valence-electron chi connectivity index (χ2n) is 5.31. The highest BCUT2D eigenvalue weighted by Gasteiger charge is 2.37. The van der Waals surface area contributed by atoms with Crippen molar-refractivity contribution < 1.29 is 9.90 Å². The van der Waals surface area contributed by atoms with Gasteiger partial charge in [-0.1, -0.05) is 30.3 Å². The summed E-state index contributed by atoms with van der Waals surface area (Å²) in [5.74, 6) is -0.0977. The Morgan fingerprint density at radius 2 is 1.89 bits per heavy atom. The zero-order chi connectivity index (χ0) is 13.3. The predicted octanol–water partition coefficient (Wildman–Crippen LogP) is 2.48. The lowest BCUT2D eigenvalue weighted by Crippen LogP contribution is -2.56. The molecule has 1 fully saturated rings. The van der Waals surface area contributed by atoms with Crippen LogP contribution in [0.3, 0.4) is 0 Å². The van der Waals surface area contributed by atoms with Crippen LogP contribution in [-0.2, 0) is 0 Å². The van der Waals surface area contributed by atoms with E-state index in [4.69, 9.17) is 0 Å². The molecular weight excluding hydrogens is 238 g/mol. The van der Waals surface area contributed by atoms with Crippen LogP contribution in [-0.4, -0.2) is 23.2 Å². The predicted molar refractivity (Wildman–Crippen MR) is 75.1 cm³/mol. The average molecular weight is 255 g/mol. The van der Waals surface area contributed by atoms with Gasteiger partial charge in [0.25, 0.3) is 5.91 Å². The van der Waals surface area contributed by atoms with Gasteiger partial charge in [-0.2, -0.15) is 0 Å². The minimum absolute atomic E-state index is 0.0202. The first kappa shape index (κ1) is 12.2. The van der Waals surface area contributed by atoms with Gasteiger partial charge in [0, 0.05) is 5.56 Å². The van der Waals surface area contributed by atoms with Gasteiger partial charge in [0.2, 0.25) is 0 Å². The number of aliphatic hydroxyl groups is 1. The molecule has 0 unspecified atom stereocenters. The van der Waals surface area contributed by atoms with Crippen LogP contribution in [0.5, 0.6) is 0 Å². The Hall–Kier alpha value is -1.87. The smallest absolute Gasteiger partial charge is 0.251 e. The van der Waals surface area contributed by atoms with Crippen molar-refractivity contribution in [2.45, 2.75) is 24.8 Å². The summed E-state index contributed by atoms with van der Waals surface area (Å²) in [4.78, 5) is 12.2. The molecule has 2 aromatic carbocycles. The number of rotatable bonds is 3. The van der Waals surface area contributed by atoms with Gasteiger partial charge in [-0.25, -0.2) is 0 Å². The number of amides is 1. The number of carbonyl (C=O) groups excluding carboxylic acids is 1. The molecule has 98 valence electrons. The molecule has 2 aromatic rings. The number of hydrogen-bond donors (Lipinski definition) is 2. The summed E-state index contributed by atoms with van der Waals surface area (Å²) >= 11 is 0. The number of aliphatic hydroxyl groups excluding tert-OH is 1. The van der Waals surface area contributed by atoms with Crippen molar-refractivity contribution in [1.29, 1.82) is 0 Å². The lowest BCUT2D eigenvalue weighted by molar-refractivity contribution is 0.0642. The van der Waals surface area contributed by atoms with E-state index in [2.05, 4.69) is 5.32 Å². The van der Waals surface area contributed by atoms with Gasteiger partial charge >= 0.3 is 0 Å². The summed E-state index contributed by atoms with van der Waals surface area (Å²) in [6, 6.07) is 13.7. The van der Waals surface area contributed by atoms with Crippen LogP contribution < -0.4 is 5.32 Å². The maximum absolute atomic E-state index is 12.2. The third-order valence-electron chi connectivity index (χ3n) is 4.00. The van der Waals surface area contributed by atoms with E-state index in [-0.39, 0.29) is 18.1 Å². The molecule has 0 atom stereocenters. The van der Waals surface area contributed by atoms with E-state index in [0.717, 1.165) is 30.0 Å². The lowest BCUT2D eigenvalue weighted by Gasteiger charge is -2.40. The molecule has 1 aliphatic carbocycles. The Balaban J connectivity index is 1.85. The number of nitrogens with one attached hydrogen (secondary N) is 1. The van der Waals surface area contributed by atoms with E-state index in [9.17, 15) is 9.90 Å². The maximum Gasteiger partial charge on any atom is 0.251 e. The SMILES string of the molecule is O=C(NC1(CO)CCC1)c1ccc2ccccc2c1. The van der Waals surface area contributed by atoms with Crippen molar-refractivity contribution in [1.82, 2.24) is 5.32 Å².